The Bertz CT molecular complexity index is 756. The van der Waals surface area contributed by atoms with Gasteiger partial charge in [0.15, 0.2) is 5.96 Å². The Labute approximate surface area is 195 Å². The third-order valence-electron chi connectivity index (χ3n) is 4.13. The number of nitrogens with one attached hydrogen (secondary N) is 2. The molecule has 0 fully saturated rings. The molecule has 1 unspecified atom stereocenters. The van der Waals surface area contributed by atoms with Gasteiger partial charge >= 0.3 is 0 Å². The molecule has 0 aromatic heterocycles. The van der Waals surface area contributed by atoms with Crippen molar-refractivity contribution in [2.45, 2.75) is 19.4 Å². The van der Waals surface area contributed by atoms with E-state index in [1.54, 1.807) is 14.2 Å². The number of ether oxygens (including phenoxy) is 3. The van der Waals surface area contributed by atoms with Crippen molar-refractivity contribution < 1.29 is 19.3 Å². The molecule has 2 aromatic rings. The van der Waals surface area contributed by atoms with Crippen LogP contribution < -0.4 is 20.1 Å². The lowest BCUT2D eigenvalue weighted by molar-refractivity contribution is 0.172. The third kappa shape index (κ3) is 9.19. The van der Waals surface area contributed by atoms with Crippen LogP contribution in [0.1, 0.15) is 25.0 Å². The van der Waals surface area contributed by atoms with Gasteiger partial charge in [0, 0.05) is 38.4 Å². The fraction of sp³-hybridized carbons (Fsp3) is 0.409. The fourth-order valence-electron chi connectivity index (χ4n) is 2.61. The number of guanidine groups is 1. The number of rotatable bonds is 11. The average Bonchev–Trinajstić information content (AvgIpc) is 2.75. The first-order valence-corrected chi connectivity index (χ1v) is 9.75. The Morgan fingerprint density at radius 1 is 1.07 bits per heavy atom. The van der Waals surface area contributed by atoms with E-state index in [2.05, 4.69) is 15.6 Å². The van der Waals surface area contributed by atoms with Crippen LogP contribution in [0.25, 0.3) is 0 Å². The summed E-state index contributed by atoms with van der Waals surface area (Å²) in [6, 6.07) is 15.0. The standard InChI is InChI=1S/C22H31N3O4.HI/c1-4-23-22(24-16-21(26)17-9-11-19(28-3)12-10-17)25-18-7-5-8-20(15-18)29-14-6-13-27-2;/h5,7-12,15,21,26H,4,6,13-14,16H2,1-3H3,(H2,23,24,25);1H. The predicted octanol–water partition coefficient (Wildman–Crippen LogP) is 3.84. The first kappa shape index (κ1) is 26.0. The highest BCUT2D eigenvalue weighted by atomic mass is 127. The van der Waals surface area contributed by atoms with Gasteiger partial charge in [0.05, 0.1) is 26.4 Å². The van der Waals surface area contributed by atoms with Crippen molar-refractivity contribution in [3.63, 3.8) is 0 Å². The molecule has 166 valence electrons. The van der Waals surface area contributed by atoms with Gasteiger partial charge < -0.3 is 30.0 Å². The van der Waals surface area contributed by atoms with E-state index < -0.39 is 6.10 Å². The number of benzene rings is 2. The smallest absolute Gasteiger partial charge is 0.195 e. The van der Waals surface area contributed by atoms with Gasteiger partial charge in [-0.1, -0.05) is 18.2 Å². The number of anilines is 1. The molecule has 3 N–H and O–H groups in total. The van der Waals surface area contributed by atoms with Crippen molar-refractivity contribution in [2.24, 2.45) is 4.99 Å². The second-order valence-electron chi connectivity index (χ2n) is 6.36. The average molecular weight is 529 g/mol. The van der Waals surface area contributed by atoms with Crippen molar-refractivity contribution in [3.8, 4) is 11.5 Å². The molecule has 0 amide bonds. The molecule has 30 heavy (non-hydrogen) atoms. The molecular formula is C22H32IN3O4. The summed E-state index contributed by atoms with van der Waals surface area (Å²) in [5, 5.41) is 16.9. The second-order valence-corrected chi connectivity index (χ2v) is 6.36. The first-order valence-electron chi connectivity index (χ1n) is 9.75. The lowest BCUT2D eigenvalue weighted by atomic mass is 10.1. The largest absolute Gasteiger partial charge is 0.497 e. The van der Waals surface area contributed by atoms with E-state index in [0.717, 1.165) is 29.2 Å². The highest BCUT2D eigenvalue weighted by Crippen LogP contribution is 2.19. The minimum Gasteiger partial charge on any atom is -0.497 e. The predicted molar refractivity (Wildman–Crippen MR) is 131 cm³/mol. The number of methoxy groups -OCH3 is 2. The van der Waals surface area contributed by atoms with Crippen LogP contribution in [-0.4, -0.2) is 51.6 Å². The summed E-state index contributed by atoms with van der Waals surface area (Å²) in [7, 11) is 3.29. The maximum atomic E-state index is 10.4. The van der Waals surface area contributed by atoms with Gasteiger partial charge in [0.25, 0.3) is 0 Å². The number of hydrogen-bond acceptors (Lipinski definition) is 5. The fourth-order valence-corrected chi connectivity index (χ4v) is 2.61. The minimum atomic E-state index is -0.702. The first-order chi connectivity index (χ1) is 14.2. The van der Waals surface area contributed by atoms with Gasteiger partial charge in [0.1, 0.15) is 11.5 Å². The molecule has 0 spiro atoms. The van der Waals surface area contributed by atoms with E-state index >= 15 is 0 Å². The van der Waals surface area contributed by atoms with Crippen LogP contribution in [0.5, 0.6) is 11.5 Å². The van der Waals surface area contributed by atoms with E-state index in [9.17, 15) is 5.11 Å². The summed E-state index contributed by atoms with van der Waals surface area (Å²) in [4.78, 5) is 4.50. The molecule has 0 radical (unpaired) electrons. The number of aliphatic imine (C=N–C) groups is 1. The van der Waals surface area contributed by atoms with E-state index in [1.165, 1.54) is 0 Å². The van der Waals surface area contributed by atoms with Gasteiger partial charge in [-0.25, -0.2) is 4.99 Å². The molecule has 0 aliphatic rings. The summed E-state index contributed by atoms with van der Waals surface area (Å²) < 4.78 is 15.9. The van der Waals surface area contributed by atoms with Crippen LogP contribution in [0.3, 0.4) is 0 Å². The van der Waals surface area contributed by atoms with Gasteiger partial charge in [-0.3, -0.25) is 0 Å². The molecule has 2 rings (SSSR count). The van der Waals surface area contributed by atoms with Gasteiger partial charge in [-0.05, 0) is 36.8 Å². The normalized spacial score (nSPS) is 11.9. The summed E-state index contributed by atoms with van der Waals surface area (Å²) >= 11 is 0. The van der Waals surface area contributed by atoms with Crippen molar-refractivity contribution in [1.29, 1.82) is 0 Å². The van der Waals surface area contributed by atoms with Crippen LogP contribution in [0, 0.1) is 0 Å². The highest BCUT2D eigenvalue weighted by Gasteiger charge is 2.08. The third-order valence-corrected chi connectivity index (χ3v) is 4.13. The molecule has 8 heteroatoms. The Kier molecular flexibility index (Phi) is 12.9. The summed E-state index contributed by atoms with van der Waals surface area (Å²) in [5.74, 6) is 2.13. The lowest BCUT2D eigenvalue weighted by Gasteiger charge is -2.14. The summed E-state index contributed by atoms with van der Waals surface area (Å²) in [6.45, 7) is 4.20. The zero-order valence-corrected chi connectivity index (χ0v) is 20.1. The van der Waals surface area contributed by atoms with E-state index in [0.29, 0.717) is 25.7 Å². The number of halogens is 1. The van der Waals surface area contributed by atoms with Crippen molar-refractivity contribution in [2.75, 3.05) is 45.8 Å². The zero-order valence-electron chi connectivity index (χ0n) is 17.8. The molecule has 0 heterocycles. The molecule has 0 bridgehead atoms. The van der Waals surface area contributed by atoms with Crippen LogP contribution >= 0.6 is 24.0 Å². The molecule has 0 saturated heterocycles. The van der Waals surface area contributed by atoms with Crippen LogP contribution in [-0.2, 0) is 4.74 Å². The van der Waals surface area contributed by atoms with E-state index in [-0.39, 0.29) is 30.5 Å². The molecule has 2 aromatic carbocycles. The molecule has 0 saturated carbocycles. The number of nitrogens with zero attached hydrogens (tertiary/aromatic N) is 1. The van der Waals surface area contributed by atoms with E-state index in [4.69, 9.17) is 14.2 Å². The maximum Gasteiger partial charge on any atom is 0.195 e. The highest BCUT2D eigenvalue weighted by molar-refractivity contribution is 14.0. The Morgan fingerprint density at radius 2 is 1.83 bits per heavy atom. The maximum absolute atomic E-state index is 10.4. The Hall–Kier alpha value is -2.04. The number of aliphatic hydroxyl groups is 1. The van der Waals surface area contributed by atoms with Gasteiger partial charge in [-0.2, -0.15) is 0 Å². The van der Waals surface area contributed by atoms with E-state index in [1.807, 2.05) is 55.5 Å². The minimum absolute atomic E-state index is 0. The quantitative estimate of drug-likeness (QED) is 0.178. The SMILES string of the molecule is CCNC(=NCC(O)c1ccc(OC)cc1)Nc1cccc(OCCCOC)c1.I. The van der Waals surface area contributed by atoms with Crippen molar-refractivity contribution in [3.05, 3.63) is 54.1 Å². The lowest BCUT2D eigenvalue weighted by Crippen LogP contribution is -2.31. The summed E-state index contributed by atoms with van der Waals surface area (Å²) in [5.41, 5.74) is 1.64. The van der Waals surface area contributed by atoms with Crippen LogP contribution in [0.2, 0.25) is 0 Å². The topological polar surface area (TPSA) is 84.3 Å². The van der Waals surface area contributed by atoms with Gasteiger partial charge in [0.2, 0.25) is 0 Å². The molecule has 1 atom stereocenters. The zero-order chi connectivity index (χ0) is 20.9. The monoisotopic (exact) mass is 529 g/mol. The Morgan fingerprint density at radius 3 is 2.50 bits per heavy atom. The number of hydrogen-bond donors (Lipinski definition) is 3. The molecular weight excluding hydrogens is 497 g/mol. The summed E-state index contributed by atoms with van der Waals surface area (Å²) in [6.07, 6.45) is 0.133. The Balaban J connectivity index is 0.00000450. The van der Waals surface area contributed by atoms with Crippen molar-refractivity contribution >= 4 is 35.6 Å². The molecule has 0 aliphatic heterocycles. The van der Waals surface area contributed by atoms with Gasteiger partial charge in [-0.15, -0.1) is 24.0 Å². The molecule has 0 aliphatic carbocycles. The molecule has 7 nitrogen and oxygen atoms in total. The van der Waals surface area contributed by atoms with Crippen molar-refractivity contribution in [1.82, 2.24) is 5.32 Å². The van der Waals surface area contributed by atoms with Crippen LogP contribution in [0.15, 0.2) is 53.5 Å². The second kappa shape index (κ2) is 14.9. The number of aliphatic hydroxyl groups excluding tert-OH is 1. The van der Waals surface area contributed by atoms with Crippen LogP contribution in [0.4, 0.5) is 5.69 Å².